The minimum Gasteiger partial charge on any atom is -0.352 e. The number of rotatable bonds is 3. The lowest BCUT2D eigenvalue weighted by atomic mass is 9.99. The van der Waals surface area contributed by atoms with Crippen molar-refractivity contribution in [3.63, 3.8) is 0 Å². The van der Waals surface area contributed by atoms with E-state index in [4.69, 9.17) is 0 Å². The zero-order valence-corrected chi connectivity index (χ0v) is 12.0. The number of nitrogens with one attached hydrogen (secondary N) is 1. The number of nitrogens with zero attached hydrogens (tertiary/aromatic N) is 2. The van der Waals surface area contributed by atoms with Gasteiger partial charge in [-0.25, -0.2) is 9.37 Å². The van der Waals surface area contributed by atoms with E-state index in [0.29, 0.717) is 23.6 Å². The van der Waals surface area contributed by atoms with Crippen molar-refractivity contribution >= 4 is 5.91 Å². The molecule has 1 amide bonds. The van der Waals surface area contributed by atoms with E-state index < -0.39 is 0 Å². The molecule has 0 radical (unpaired) electrons. The van der Waals surface area contributed by atoms with Crippen molar-refractivity contribution < 1.29 is 9.18 Å². The van der Waals surface area contributed by atoms with E-state index in [1.165, 1.54) is 12.1 Å². The molecule has 110 valence electrons. The quantitative estimate of drug-likeness (QED) is 0.941. The third-order valence-corrected chi connectivity index (χ3v) is 4.00. The normalized spacial score (nSPS) is 17.3. The number of halogens is 1. The topological polar surface area (TPSA) is 46.9 Å². The molecule has 0 fully saturated rings. The Balaban J connectivity index is 1.58. The number of imidazole rings is 1. The Morgan fingerprint density at radius 1 is 1.52 bits per heavy atom. The zero-order chi connectivity index (χ0) is 14.8. The maximum Gasteiger partial charge on any atom is 0.251 e. The first-order valence-corrected chi connectivity index (χ1v) is 7.18. The van der Waals surface area contributed by atoms with E-state index in [1.54, 1.807) is 13.0 Å². The molecule has 1 aliphatic heterocycles. The fourth-order valence-corrected chi connectivity index (χ4v) is 2.73. The molecule has 1 N–H and O–H groups in total. The Morgan fingerprint density at radius 2 is 2.38 bits per heavy atom. The zero-order valence-electron chi connectivity index (χ0n) is 12.0. The average molecular weight is 287 g/mol. The first-order valence-electron chi connectivity index (χ1n) is 7.18. The van der Waals surface area contributed by atoms with Gasteiger partial charge in [0.05, 0.1) is 0 Å². The fourth-order valence-electron chi connectivity index (χ4n) is 2.73. The second-order valence-corrected chi connectivity index (χ2v) is 5.57. The van der Waals surface area contributed by atoms with Crippen molar-refractivity contribution in [1.82, 2.24) is 14.9 Å². The van der Waals surface area contributed by atoms with Gasteiger partial charge in [0.2, 0.25) is 0 Å². The van der Waals surface area contributed by atoms with E-state index in [0.717, 1.165) is 25.2 Å². The maximum atomic E-state index is 13.2. The van der Waals surface area contributed by atoms with Crippen LogP contribution in [-0.4, -0.2) is 22.0 Å². The minimum atomic E-state index is -0.286. The van der Waals surface area contributed by atoms with Gasteiger partial charge >= 0.3 is 0 Å². The van der Waals surface area contributed by atoms with Gasteiger partial charge in [0.25, 0.3) is 5.91 Å². The lowest BCUT2D eigenvalue weighted by Gasteiger charge is -2.24. The molecule has 1 aromatic heterocycles. The lowest BCUT2D eigenvalue weighted by Crippen LogP contribution is -2.33. The van der Waals surface area contributed by atoms with E-state index >= 15 is 0 Å². The fraction of sp³-hybridized carbons (Fsp3) is 0.375. The molecule has 1 aromatic carbocycles. The molecule has 21 heavy (non-hydrogen) atoms. The van der Waals surface area contributed by atoms with Crippen molar-refractivity contribution in [2.75, 3.05) is 6.54 Å². The highest BCUT2D eigenvalue weighted by atomic mass is 19.1. The molecular formula is C16H18FN3O. The van der Waals surface area contributed by atoms with E-state index in [-0.39, 0.29) is 11.7 Å². The van der Waals surface area contributed by atoms with Gasteiger partial charge in [0, 0.05) is 37.5 Å². The van der Waals surface area contributed by atoms with Crippen LogP contribution in [-0.2, 0) is 13.0 Å². The predicted molar refractivity (Wildman–Crippen MR) is 77.5 cm³/mol. The van der Waals surface area contributed by atoms with Crippen molar-refractivity contribution in [3.05, 3.63) is 53.4 Å². The number of amides is 1. The summed E-state index contributed by atoms with van der Waals surface area (Å²) in [5.41, 5.74) is 0.997. The number of fused-ring (bicyclic) bond motifs is 1. The Kier molecular flexibility index (Phi) is 3.73. The highest BCUT2D eigenvalue weighted by Gasteiger charge is 2.19. The van der Waals surface area contributed by atoms with Crippen LogP contribution in [0.1, 0.15) is 28.2 Å². The predicted octanol–water partition coefficient (Wildman–Crippen LogP) is 2.32. The second kappa shape index (κ2) is 5.68. The summed E-state index contributed by atoms with van der Waals surface area (Å²) in [4.78, 5) is 16.4. The summed E-state index contributed by atoms with van der Waals surface area (Å²) < 4.78 is 15.3. The smallest absolute Gasteiger partial charge is 0.251 e. The number of aryl methyl sites for hydroxylation is 2. The van der Waals surface area contributed by atoms with Crippen molar-refractivity contribution in [3.8, 4) is 0 Å². The minimum absolute atomic E-state index is 0.144. The van der Waals surface area contributed by atoms with Crippen LogP contribution >= 0.6 is 0 Å². The van der Waals surface area contributed by atoms with Crippen LogP contribution in [0.2, 0.25) is 0 Å². The number of benzene rings is 1. The van der Waals surface area contributed by atoms with Gasteiger partial charge in [-0.05, 0) is 43.0 Å². The van der Waals surface area contributed by atoms with Crippen LogP contribution in [0, 0.1) is 18.7 Å². The van der Waals surface area contributed by atoms with Gasteiger partial charge in [-0.1, -0.05) is 0 Å². The van der Waals surface area contributed by atoms with Crippen molar-refractivity contribution in [2.45, 2.75) is 26.3 Å². The molecule has 0 saturated carbocycles. The molecule has 1 aliphatic rings. The maximum absolute atomic E-state index is 13.2. The first-order chi connectivity index (χ1) is 10.1. The standard InChI is InChI=1S/C16H18FN3O/c1-11-8-13(3-4-14(11)17)16(21)19-9-12-2-5-15-18-6-7-20(15)10-12/h3-4,6-8,12H,2,5,9-10H2,1H3,(H,19,21)/t12-/m0/s1. The second-order valence-electron chi connectivity index (χ2n) is 5.57. The highest BCUT2D eigenvalue weighted by molar-refractivity contribution is 5.94. The largest absolute Gasteiger partial charge is 0.352 e. The van der Waals surface area contributed by atoms with Crippen LogP contribution in [0.4, 0.5) is 4.39 Å². The van der Waals surface area contributed by atoms with Crippen molar-refractivity contribution in [1.29, 1.82) is 0 Å². The highest BCUT2D eigenvalue weighted by Crippen LogP contribution is 2.18. The molecular weight excluding hydrogens is 269 g/mol. The molecule has 4 nitrogen and oxygen atoms in total. The molecule has 2 aromatic rings. The first kappa shape index (κ1) is 13.8. The number of carbonyl (C=O) groups excluding carboxylic acids is 1. The van der Waals surface area contributed by atoms with E-state index in [1.807, 2.05) is 12.4 Å². The molecule has 2 heterocycles. The van der Waals surface area contributed by atoms with Gasteiger partial charge in [0.1, 0.15) is 11.6 Å². The molecule has 0 spiro atoms. The monoisotopic (exact) mass is 287 g/mol. The summed E-state index contributed by atoms with van der Waals surface area (Å²) >= 11 is 0. The van der Waals surface area contributed by atoms with Gasteiger partial charge in [-0.3, -0.25) is 4.79 Å². The van der Waals surface area contributed by atoms with Crippen LogP contribution in [0.15, 0.2) is 30.6 Å². The molecule has 1 atom stereocenters. The summed E-state index contributed by atoms with van der Waals surface area (Å²) in [6.07, 6.45) is 5.77. The molecule has 0 bridgehead atoms. The van der Waals surface area contributed by atoms with Gasteiger partial charge < -0.3 is 9.88 Å². The summed E-state index contributed by atoms with van der Waals surface area (Å²) in [5.74, 6) is 1.10. The van der Waals surface area contributed by atoms with Gasteiger partial charge in [0.15, 0.2) is 0 Å². The molecule has 0 unspecified atom stereocenters. The van der Waals surface area contributed by atoms with E-state index in [9.17, 15) is 9.18 Å². The number of aromatic nitrogens is 2. The summed E-state index contributed by atoms with van der Waals surface area (Å²) in [6.45, 7) is 3.18. The Labute approximate surface area is 123 Å². The molecule has 0 aliphatic carbocycles. The van der Waals surface area contributed by atoms with E-state index in [2.05, 4.69) is 14.9 Å². The SMILES string of the molecule is Cc1cc(C(=O)NC[C@@H]2CCc3nccn3C2)ccc1F. The number of hydrogen-bond donors (Lipinski definition) is 1. The third-order valence-electron chi connectivity index (χ3n) is 4.00. The Hall–Kier alpha value is -2.17. The summed E-state index contributed by atoms with van der Waals surface area (Å²) in [6, 6.07) is 4.44. The number of hydrogen-bond acceptors (Lipinski definition) is 2. The summed E-state index contributed by atoms with van der Waals surface area (Å²) in [5, 5.41) is 2.94. The van der Waals surface area contributed by atoms with Crippen molar-refractivity contribution in [2.24, 2.45) is 5.92 Å². The molecule has 0 saturated heterocycles. The average Bonchev–Trinajstić information content (AvgIpc) is 2.95. The van der Waals surface area contributed by atoms with Gasteiger partial charge in [-0.15, -0.1) is 0 Å². The third kappa shape index (κ3) is 2.96. The van der Waals surface area contributed by atoms with Crippen LogP contribution in [0.3, 0.4) is 0 Å². The lowest BCUT2D eigenvalue weighted by molar-refractivity contribution is 0.0943. The molecule has 5 heteroatoms. The number of carbonyl (C=O) groups is 1. The Morgan fingerprint density at radius 3 is 3.19 bits per heavy atom. The van der Waals surface area contributed by atoms with Crippen LogP contribution < -0.4 is 5.32 Å². The van der Waals surface area contributed by atoms with Crippen LogP contribution in [0.25, 0.3) is 0 Å². The van der Waals surface area contributed by atoms with Gasteiger partial charge in [-0.2, -0.15) is 0 Å². The molecule has 3 rings (SSSR count). The summed E-state index contributed by atoms with van der Waals surface area (Å²) in [7, 11) is 0. The van der Waals surface area contributed by atoms with Crippen LogP contribution in [0.5, 0.6) is 0 Å². The Bertz CT molecular complexity index is 665.